The van der Waals surface area contributed by atoms with Gasteiger partial charge < -0.3 is 15.4 Å². The van der Waals surface area contributed by atoms with Crippen LogP contribution in [0.15, 0.2) is 18.6 Å². The Balaban J connectivity index is 1.95. The number of carbonyl (C=O) groups excluding carboxylic acids is 1. The van der Waals surface area contributed by atoms with Gasteiger partial charge in [-0.05, 0) is 29.3 Å². The van der Waals surface area contributed by atoms with Crippen molar-refractivity contribution in [2.75, 3.05) is 0 Å². The standard InChI is InChI=1S/C16H13F3N8O3/c17-16(18,19)12-10(26-4-9(21-6-26)7-1-2-7)3-8(22-13(12)14(20)30)15-23-24-25-27(15)5-11(28)29/h3-4,6-7H,1-2,5H2,(H2,20,30)(H,28,29). The molecule has 4 rings (SSSR count). The van der Waals surface area contributed by atoms with Gasteiger partial charge in [-0.2, -0.15) is 13.2 Å². The molecule has 0 radical (unpaired) electrons. The maximum Gasteiger partial charge on any atom is 0.420 e. The molecule has 0 saturated heterocycles. The van der Waals surface area contributed by atoms with Crippen molar-refractivity contribution in [1.82, 2.24) is 34.7 Å². The lowest BCUT2D eigenvalue weighted by atomic mass is 10.1. The number of alkyl halides is 3. The Hall–Kier alpha value is -3.84. The number of imidazole rings is 1. The molecule has 0 unspecified atom stereocenters. The van der Waals surface area contributed by atoms with E-state index >= 15 is 0 Å². The predicted octanol–water partition coefficient (Wildman–Crippen LogP) is 1.00. The van der Waals surface area contributed by atoms with Crippen molar-refractivity contribution in [1.29, 1.82) is 0 Å². The van der Waals surface area contributed by atoms with Gasteiger partial charge in [0.15, 0.2) is 0 Å². The molecular formula is C16H13F3N8O3. The van der Waals surface area contributed by atoms with E-state index in [-0.39, 0.29) is 17.4 Å². The second-order valence-electron chi connectivity index (χ2n) is 6.65. The minimum Gasteiger partial charge on any atom is -0.480 e. The van der Waals surface area contributed by atoms with Crippen LogP contribution in [0, 0.1) is 0 Å². The van der Waals surface area contributed by atoms with Crippen LogP contribution in [0.25, 0.3) is 17.2 Å². The summed E-state index contributed by atoms with van der Waals surface area (Å²) in [4.78, 5) is 30.7. The summed E-state index contributed by atoms with van der Waals surface area (Å²) in [5, 5.41) is 19.4. The highest BCUT2D eigenvalue weighted by molar-refractivity contribution is 5.94. The van der Waals surface area contributed by atoms with Crippen molar-refractivity contribution in [3.63, 3.8) is 0 Å². The van der Waals surface area contributed by atoms with E-state index in [1.54, 1.807) is 0 Å². The Morgan fingerprint density at radius 2 is 2.03 bits per heavy atom. The summed E-state index contributed by atoms with van der Waals surface area (Å²) in [5.41, 5.74) is 2.73. The highest BCUT2D eigenvalue weighted by atomic mass is 19.4. The number of rotatable bonds is 6. The van der Waals surface area contributed by atoms with E-state index in [1.165, 1.54) is 12.5 Å². The zero-order valence-corrected chi connectivity index (χ0v) is 15.0. The number of pyridine rings is 1. The van der Waals surface area contributed by atoms with E-state index in [4.69, 9.17) is 10.8 Å². The van der Waals surface area contributed by atoms with Gasteiger partial charge in [-0.1, -0.05) is 0 Å². The molecule has 1 aliphatic rings. The number of tetrazole rings is 1. The van der Waals surface area contributed by atoms with Crippen molar-refractivity contribution < 1.29 is 27.9 Å². The average molecular weight is 422 g/mol. The van der Waals surface area contributed by atoms with Gasteiger partial charge in [-0.25, -0.2) is 14.6 Å². The molecule has 3 aromatic heterocycles. The third-order valence-electron chi connectivity index (χ3n) is 4.44. The molecule has 1 fully saturated rings. The number of nitrogens with zero attached hydrogens (tertiary/aromatic N) is 7. The number of amides is 1. The van der Waals surface area contributed by atoms with Crippen LogP contribution in [0.4, 0.5) is 13.2 Å². The molecule has 11 nitrogen and oxygen atoms in total. The van der Waals surface area contributed by atoms with E-state index in [0.717, 1.165) is 28.2 Å². The number of carboxylic acid groups (broad SMARTS) is 1. The molecule has 1 saturated carbocycles. The number of primary amides is 1. The summed E-state index contributed by atoms with van der Waals surface area (Å²) < 4.78 is 43.5. The molecule has 0 aromatic carbocycles. The van der Waals surface area contributed by atoms with Crippen LogP contribution >= 0.6 is 0 Å². The molecule has 156 valence electrons. The second-order valence-corrected chi connectivity index (χ2v) is 6.65. The lowest BCUT2D eigenvalue weighted by Gasteiger charge is -2.17. The zero-order chi connectivity index (χ0) is 21.6. The van der Waals surface area contributed by atoms with Crippen molar-refractivity contribution >= 4 is 11.9 Å². The molecule has 3 N–H and O–H groups in total. The Kier molecular flexibility index (Phi) is 4.47. The Labute approximate surface area is 165 Å². The van der Waals surface area contributed by atoms with Gasteiger partial charge in [0.2, 0.25) is 5.82 Å². The number of hydrogen-bond donors (Lipinski definition) is 2. The molecule has 3 heterocycles. The van der Waals surface area contributed by atoms with Crippen LogP contribution in [0.1, 0.15) is 40.5 Å². The van der Waals surface area contributed by atoms with Gasteiger partial charge >= 0.3 is 12.1 Å². The van der Waals surface area contributed by atoms with Crippen LogP contribution in [-0.4, -0.2) is 51.7 Å². The van der Waals surface area contributed by atoms with Crippen molar-refractivity contribution in [2.24, 2.45) is 5.73 Å². The minimum absolute atomic E-state index is 0.181. The van der Waals surface area contributed by atoms with Gasteiger partial charge in [0.25, 0.3) is 5.91 Å². The third-order valence-corrected chi connectivity index (χ3v) is 4.44. The van der Waals surface area contributed by atoms with Crippen molar-refractivity contribution in [3.05, 3.63) is 35.5 Å². The number of hydrogen-bond acceptors (Lipinski definition) is 7. The molecule has 14 heteroatoms. The summed E-state index contributed by atoms with van der Waals surface area (Å²) in [7, 11) is 0. The number of aliphatic carboxylic acids is 1. The van der Waals surface area contributed by atoms with Crippen LogP contribution in [-0.2, 0) is 17.5 Å². The van der Waals surface area contributed by atoms with Gasteiger partial charge in [-0.15, -0.1) is 5.10 Å². The largest absolute Gasteiger partial charge is 0.480 e. The molecule has 1 amide bonds. The number of carboxylic acids is 1. The molecule has 0 aliphatic heterocycles. The molecule has 30 heavy (non-hydrogen) atoms. The predicted molar refractivity (Wildman–Crippen MR) is 91.3 cm³/mol. The van der Waals surface area contributed by atoms with E-state index in [9.17, 15) is 22.8 Å². The fourth-order valence-electron chi connectivity index (χ4n) is 2.99. The van der Waals surface area contributed by atoms with Crippen molar-refractivity contribution in [2.45, 2.75) is 31.5 Å². The van der Waals surface area contributed by atoms with Gasteiger partial charge in [0.05, 0.1) is 17.7 Å². The summed E-state index contributed by atoms with van der Waals surface area (Å²) in [6, 6.07) is 1.01. The zero-order valence-electron chi connectivity index (χ0n) is 15.0. The fourth-order valence-corrected chi connectivity index (χ4v) is 2.99. The van der Waals surface area contributed by atoms with E-state index in [2.05, 4.69) is 25.5 Å². The molecule has 0 spiro atoms. The highest BCUT2D eigenvalue weighted by Crippen LogP contribution is 2.41. The lowest BCUT2D eigenvalue weighted by Crippen LogP contribution is -2.24. The first kappa shape index (κ1) is 19.5. The first-order valence-electron chi connectivity index (χ1n) is 8.59. The molecule has 3 aromatic rings. The van der Waals surface area contributed by atoms with Gasteiger partial charge in [-0.3, -0.25) is 9.59 Å². The van der Waals surface area contributed by atoms with Crippen LogP contribution in [0.5, 0.6) is 0 Å². The van der Waals surface area contributed by atoms with Crippen LogP contribution in [0.3, 0.4) is 0 Å². The first-order chi connectivity index (χ1) is 14.1. The summed E-state index contributed by atoms with van der Waals surface area (Å²) in [6.07, 6.45) is -0.533. The Morgan fingerprint density at radius 1 is 1.30 bits per heavy atom. The molecular weight excluding hydrogens is 409 g/mol. The quantitative estimate of drug-likeness (QED) is 0.596. The number of aromatic nitrogens is 7. The second kappa shape index (κ2) is 6.89. The SMILES string of the molecule is NC(=O)c1nc(-c2nnnn2CC(=O)O)cc(-n2cnc(C3CC3)c2)c1C(F)(F)F. The van der Waals surface area contributed by atoms with Crippen LogP contribution in [0.2, 0.25) is 0 Å². The number of nitrogens with two attached hydrogens (primary N) is 1. The molecule has 0 atom stereocenters. The van der Waals surface area contributed by atoms with Crippen LogP contribution < -0.4 is 5.73 Å². The third kappa shape index (κ3) is 3.58. The molecule has 0 bridgehead atoms. The summed E-state index contributed by atoms with van der Waals surface area (Å²) in [6.45, 7) is -0.664. The highest BCUT2D eigenvalue weighted by Gasteiger charge is 2.40. The van der Waals surface area contributed by atoms with E-state index in [0.29, 0.717) is 5.69 Å². The smallest absolute Gasteiger partial charge is 0.420 e. The maximum absolute atomic E-state index is 13.9. The summed E-state index contributed by atoms with van der Waals surface area (Å²) >= 11 is 0. The maximum atomic E-state index is 13.9. The number of halogens is 3. The minimum atomic E-state index is -4.96. The molecule has 1 aliphatic carbocycles. The van der Waals surface area contributed by atoms with E-state index in [1.807, 2.05) is 0 Å². The normalized spacial score (nSPS) is 14.1. The van der Waals surface area contributed by atoms with Gasteiger partial charge in [0.1, 0.15) is 23.5 Å². The van der Waals surface area contributed by atoms with Crippen molar-refractivity contribution in [3.8, 4) is 17.2 Å². The van der Waals surface area contributed by atoms with E-state index < -0.39 is 41.5 Å². The van der Waals surface area contributed by atoms with Gasteiger partial charge in [0, 0.05) is 12.1 Å². The Bertz CT molecular complexity index is 1150. The Morgan fingerprint density at radius 3 is 2.63 bits per heavy atom. The average Bonchev–Trinajstić information content (AvgIpc) is 3.21. The number of carbonyl (C=O) groups is 2. The summed E-state index contributed by atoms with van der Waals surface area (Å²) in [5.74, 6) is -2.75. The lowest BCUT2D eigenvalue weighted by molar-refractivity contribution is -0.138. The topological polar surface area (TPSA) is 155 Å². The monoisotopic (exact) mass is 422 g/mol. The fraction of sp³-hybridized carbons (Fsp3) is 0.312. The first-order valence-corrected chi connectivity index (χ1v) is 8.59.